The summed E-state index contributed by atoms with van der Waals surface area (Å²) in [5.41, 5.74) is 7.70. The van der Waals surface area contributed by atoms with Gasteiger partial charge in [-0.3, -0.25) is 0 Å². The molecule has 3 nitrogen and oxygen atoms in total. The molecule has 0 saturated heterocycles. The van der Waals surface area contributed by atoms with Gasteiger partial charge in [0.15, 0.2) is 0 Å². The van der Waals surface area contributed by atoms with Gasteiger partial charge in [-0.2, -0.15) is 0 Å². The monoisotopic (exact) mass is 161 g/mol. The standard InChI is InChI=1S/C9H11N3/c10-5-4-8-9-3-1-2-6-12(9)7-11-8/h1-3,6-7H,4-5,10H2. The Hall–Kier alpha value is -1.35. The van der Waals surface area contributed by atoms with Crippen molar-refractivity contribution in [3.63, 3.8) is 0 Å². The summed E-state index contributed by atoms with van der Waals surface area (Å²) < 4.78 is 2.00. The van der Waals surface area contributed by atoms with E-state index in [-0.39, 0.29) is 0 Å². The van der Waals surface area contributed by atoms with E-state index >= 15 is 0 Å². The zero-order valence-corrected chi connectivity index (χ0v) is 6.77. The first-order chi connectivity index (χ1) is 5.92. The highest BCUT2D eigenvalue weighted by Crippen LogP contribution is 2.08. The van der Waals surface area contributed by atoms with Crippen LogP contribution in [-0.4, -0.2) is 15.9 Å². The Kier molecular flexibility index (Phi) is 1.80. The fourth-order valence-corrected chi connectivity index (χ4v) is 1.33. The first kappa shape index (κ1) is 7.31. The lowest BCUT2D eigenvalue weighted by Crippen LogP contribution is -2.03. The Bertz CT molecular complexity index is 378. The summed E-state index contributed by atoms with van der Waals surface area (Å²) >= 11 is 0. The lowest BCUT2D eigenvalue weighted by Gasteiger charge is -1.94. The molecule has 62 valence electrons. The molecule has 0 fully saturated rings. The van der Waals surface area contributed by atoms with E-state index in [1.807, 2.05) is 29.1 Å². The Morgan fingerprint density at radius 1 is 1.42 bits per heavy atom. The molecule has 0 aromatic carbocycles. The molecule has 0 spiro atoms. The molecular formula is C9H11N3. The summed E-state index contributed by atoms with van der Waals surface area (Å²) in [5.74, 6) is 0. The van der Waals surface area contributed by atoms with Crippen LogP contribution in [0.3, 0.4) is 0 Å². The molecule has 3 heteroatoms. The minimum atomic E-state index is 0.654. The van der Waals surface area contributed by atoms with Crippen LogP contribution in [0.15, 0.2) is 30.7 Å². The van der Waals surface area contributed by atoms with Gasteiger partial charge in [-0.25, -0.2) is 4.98 Å². The van der Waals surface area contributed by atoms with Crippen molar-refractivity contribution in [2.24, 2.45) is 5.73 Å². The van der Waals surface area contributed by atoms with Crippen LogP contribution < -0.4 is 5.73 Å². The molecule has 2 rings (SSSR count). The summed E-state index contributed by atoms with van der Waals surface area (Å²) in [6, 6.07) is 6.05. The maximum Gasteiger partial charge on any atom is 0.0995 e. The predicted molar refractivity (Wildman–Crippen MR) is 48.0 cm³/mol. The molecule has 0 unspecified atom stereocenters. The molecule has 0 bridgehead atoms. The van der Waals surface area contributed by atoms with E-state index in [0.717, 1.165) is 17.6 Å². The smallest absolute Gasteiger partial charge is 0.0995 e. The number of pyridine rings is 1. The van der Waals surface area contributed by atoms with Crippen molar-refractivity contribution in [1.82, 2.24) is 9.38 Å². The van der Waals surface area contributed by atoms with Crippen LogP contribution in [0.5, 0.6) is 0 Å². The van der Waals surface area contributed by atoms with Crippen molar-refractivity contribution in [1.29, 1.82) is 0 Å². The van der Waals surface area contributed by atoms with Crippen molar-refractivity contribution >= 4 is 5.52 Å². The average molecular weight is 161 g/mol. The molecule has 12 heavy (non-hydrogen) atoms. The number of nitrogens with two attached hydrogens (primary N) is 1. The topological polar surface area (TPSA) is 43.3 Å². The van der Waals surface area contributed by atoms with Crippen LogP contribution in [0.1, 0.15) is 5.69 Å². The molecule has 0 aliphatic heterocycles. The van der Waals surface area contributed by atoms with Gasteiger partial charge in [-0.1, -0.05) is 6.07 Å². The normalized spacial score (nSPS) is 10.8. The van der Waals surface area contributed by atoms with Gasteiger partial charge in [0, 0.05) is 12.6 Å². The fourth-order valence-electron chi connectivity index (χ4n) is 1.33. The maximum atomic E-state index is 5.46. The SMILES string of the molecule is NCCc1ncn2ccccc12. The minimum absolute atomic E-state index is 0.654. The van der Waals surface area contributed by atoms with E-state index in [2.05, 4.69) is 11.1 Å². The number of rotatable bonds is 2. The van der Waals surface area contributed by atoms with Crippen LogP contribution in [0.4, 0.5) is 0 Å². The van der Waals surface area contributed by atoms with Gasteiger partial charge in [0.05, 0.1) is 17.5 Å². The van der Waals surface area contributed by atoms with E-state index in [4.69, 9.17) is 5.73 Å². The van der Waals surface area contributed by atoms with E-state index < -0.39 is 0 Å². The van der Waals surface area contributed by atoms with Crippen molar-refractivity contribution < 1.29 is 0 Å². The summed E-state index contributed by atoms with van der Waals surface area (Å²) in [6.45, 7) is 0.654. The number of fused-ring (bicyclic) bond motifs is 1. The Morgan fingerprint density at radius 2 is 2.33 bits per heavy atom. The highest BCUT2D eigenvalue weighted by molar-refractivity contribution is 5.51. The minimum Gasteiger partial charge on any atom is -0.330 e. The van der Waals surface area contributed by atoms with E-state index in [1.165, 1.54) is 0 Å². The zero-order chi connectivity index (χ0) is 8.39. The van der Waals surface area contributed by atoms with Crippen LogP contribution in [0, 0.1) is 0 Å². The number of aromatic nitrogens is 2. The van der Waals surface area contributed by atoms with Gasteiger partial charge in [0.1, 0.15) is 0 Å². The lowest BCUT2D eigenvalue weighted by atomic mass is 10.2. The molecule has 0 atom stereocenters. The summed E-state index contributed by atoms with van der Waals surface area (Å²) in [5, 5.41) is 0. The first-order valence-corrected chi connectivity index (χ1v) is 4.02. The van der Waals surface area contributed by atoms with E-state index in [1.54, 1.807) is 0 Å². The molecule has 2 heterocycles. The average Bonchev–Trinajstić information content (AvgIpc) is 2.50. The van der Waals surface area contributed by atoms with Gasteiger partial charge in [0.25, 0.3) is 0 Å². The van der Waals surface area contributed by atoms with Gasteiger partial charge in [0.2, 0.25) is 0 Å². The number of imidazole rings is 1. The van der Waals surface area contributed by atoms with Crippen LogP contribution in [0.25, 0.3) is 5.52 Å². The molecule has 0 aliphatic rings. The van der Waals surface area contributed by atoms with Gasteiger partial charge >= 0.3 is 0 Å². The quantitative estimate of drug-likeness (QED) is 0.709. The summed E-state index contributed by atoms with van der Waals surface area (Å²) in [7, 11) is 0. The van der Waals surface area contributed by atoms with E-state index in [9.17, 15) is 0 Å². The van der Waals surface area contributed by atoms with Gasteiger partial charge < -0.3 is 10.1 Å². The highest BCUT2D eigenvalue weighted by Gasteiger charge is 2.00. The second kappa shape index (κ2) is 2.95. The first-order valence-electron chi connectivity index (χ1n) is 4.02. The number of hydrogen-bond donors (Lipinski definition) is 1. The summed E-state index contributed by atoms with van der Waals surface area (Å²) in [6.07, 6.45) is 4.66. The third-order valence-corrected chi connectivity index (χ3v) is 1.90. The lowest BCUT2D eigenvalue weighted by molar-refractivity contribution is 0.943. The summed E-state index contributed by atoms with van der Waals surface area (Å²) in [4.78, 5) is 4.27. The largest absolute Gasteiger partial charge is 0.330 e. The second-order valence-electron chi connectivity index (χ2n) is 2.72. The fraction of sp³-hybridized carbons (Fsp3) is 0.222. The molecular weight excluding hydrogens is 150 g/mol. The van der Waals surface area contributed by atoms with Crippen molar-refractivity contribution in [3.05, 3.63) is 36.4 Å². The Balaban J connectivity index is 2.55. The Morgan fingerprint density at radius 3 is 3.17 bits per heavy atom. The third-order valence-electron chi connectivity index (χ3n) is 1.90. The maximum absolute atomic E-state index is 5.46. The van der Waals surface area contributed by atoms with Crippen molar-refractivity contribution in [2.75, 3.05) is 6.54 Å². The van der Waals surface area contributed by atoms with Gasteiger partial charge in [-0.05, 0) is 18.7 Å². The molecule has 0 aliphatic carbocycles. The van der Waals surface area contributed by atoms with Gasteiger partial charge in [-0.15, -0.1) is 0 Å². The molecule has 0 radical (unpaired) electrons. The number of nitrogens with zero attached hydrogens (tertiary/aromatic N) is 2. The van der Waals surface area contributed by atoms with Crippen molar-refractivity contribution in [3.8, 4) is 0 Å². The zero-order valence-electron chi connectivity index (χ0n) is 6.77. The van der Waals surface area contributed by atoms with Crippen molar-refractivity contribution in [2.45, 2.75) is 6.42 Å². The molecule has 0 amide bonds. The Labute approximate surface area is 70.8 Å². The predicted octanol–water partition coefficient (Wildman–Crippen LogP) is 0.835. The van der Waals surface area contributed by atoms with Crippen LogP contribution >= 0.6 is 0 Å². The molecule has 0 saturated carbocycles. The second-order valence-corrected chi connectivity index (χ2v) is 2.72. The van der Waals surface area contributed by atoms with Crippen LogP contribution in [-0.2, 0) is 6.42 Å². The highest BCUT2D eigenvalue weighted by atomic mass is 15.0. The third kappa shape index (κ3) is 1.08. The molecule has 2 N–H and O–H groups in total. The molecule has 2 aromatic heterocycles. The van der Waals surface area contributed by atoms with Crippen LogP contribution in [0.2, 0.25) is 0 Å². The molecule has 2 aromatic rings. The number of hydrogen-bond acceptors (Lipinski definition) is 2. The van der Waals surface area contributed by atoms with E-state index in [0.29, 0.717) is 6.54 Å².